The molecule has 1 saturated carbocycles. The molecule has 0 atom stereocenters. The van der Waals surface area contributed by atoms with Gasteiger partial charge in [-0.1, -0.05) is 13.8 Å². The highest BCUT2D eigenvalue weighted by Crippen LogP contribution is 2.46. The van der Waals surface area contributed by atoms with Gasteiger partial charge in [-0.15, -0.1) is 0 Å². The molecule has 2 rings (SSSR count). The molecule has 0 amide bonds. The summed E-state index contributed by atoms with van der Waals surface area (Å²) in [7, 11) is 0. The molecule has 0 aliphatic heterocycles. The van der Waals surface area contributed by atoms with E-state index in [0.29, 0.717) is 5.92 Å². The summed E-state index contributed by atoms with van der Waals surface area (Å²) < 4.78 is 1.98. The molecular formula is C11H16N2O. The van der Waals surface area contributed by atoms with Gasteiger partial charge in [0.15, 0.2) is 0 Å². The van der Waals surface area contributed by atoms with Gasteiger partial charge in [0.2, 0.25) is 0 Å². The summed E-state index contributed by atoms with van der Waals surface area (Å²) in [5.41, 5.74) is 0.909. The van der Waals surface area contributed by atoms with E-state index in [4.69, 9.17) is 0 Å². The van der Waals surface area contributed by atoms with Crippen LogP contribution >= 0.6 is 0 Å². The molecule has 0 N–H and O–H groups in total. The summed E-state index contributed by atoms with van der Waals surface area (Å²) >= 11 is 0. The molecule has 0 bridgehead atoms. The van der Waals surface area contributed by atoms with Gasteiger partial charge in [-0.3, -0.25) is 4.68 Å². The Morgan fingerprint density at radius 1 is 1.64 bits per heavy atom. The largest absolute Gasteiger partial charge is 0.302 e. The van der Waals surface area contributed by atoms with E-state index in [1.54, 1.807) is 6.20 Å². The zero-order chi connectivity index (χ0) is 10.2. The summed E-state index contributed by atoms with van der Waals surface area (Å²) in [6.07, 6.45) is 4.85. The first-order valence-electron chi connectivity index (χ1n) is 5.16. The number of carbonyl (C=O) groups is 1. The molecule has 1 fully saturated rings. The van der Waals surface area contributed by atoms with E-state index < -0.39 is 0 Å². The Hall–Kier alpha value is -1.12. The standard InChI is InChI=1S/C11H16N2O/c1-9(2)7-13-10(3-6-12-13)11(8-14)4-5-11/h3,6,8-9H,4-5,7H2,1-2H3. The first kappa shape index (κ1) is 9.44. The first-order chi connectivity index (χ1) is 6.68. The minimum atomic E-state index is -0.189. The van der Waals surface area contributed by atoms with Crippen molar-refractivity contribution in [2.45, 2.75) is 38.6 Å². The van der Waals surface area contributed by atoms with Gasteiger partial charge in [-0.05, 0) is 24.8 Å². The van der Waals surface area contributed by atoms with E-state index in [1.807, 2.05) is 10.7 Å². The van der Waals surface area contributed by atoms with Gasteiger partial charge in [0.25, 0.3) is 0 Å². The third kappa shape index (κ3) is 1.47. The van der Waals surface area contributed by atoms with Crippen molar-refractivity contribution in [1.29, 1.82) is 0 Å². The van der Waals surface area contributed by atoms with Gasteiger partial charge < -0.3 is 4.79 Å². The Kier molecular flexibility index (Phi) is 2.17. The Labute approximate surface area is 84.1 Å². The van der Waals surface area contributed by atoms with Gasteiger partial charge in [0.1, 0.15) is 6.29 Å². The van der Waals surface area contributed by atoms with Crippen LogP contribution < -0.4 is 0 Å². The summed E-state index contributed by atoms with van der Waals surface area (Å²) in [5.74, 6) is 0.566. The molecule has 0 radical (unpaired) electrons. The van der Waals surface area contributed by atoms with E-state index in [2.05, 4.69) is 18.9 Å². The Morgan fingerprint density at radius 2 is 2.36 bits per heavy atom. The molecular weight excluding hydrogens is 176 g/mol. The van der Waals surface area contributed by atoms with Crippen LogP contribution in [0, 0.1) is 5.92 Å². The minimum absolute atomic E-state index is 0.189. The monoisotopic (exact) mass is 192 g/mol. The summed E-state index contributed by atoms with van der Waals surface area (Å²) in [6.45, 7) is 5.22. The normalized spacial score (nSPS) is 18.5. The molecule has 0 spiro atoms. The lowest BCUT2D eigenvalue weighted by atomic mass is 10.0. The maximum Gasteiger partial charge on any atom is 0.132 e. The molecule has 1 aromatic heterocycles. The summed E-state index contributed by atoms with van der Waals surface area (Å²) in [5, 5.41) is 4.27. The number of rotatable bonds is 4. The van der Waals surface area contributed by atoms with Crippen LogP contribution in [0.5, 0.6) is 0 Å². The van der Waals surface area contributed by atoms with Crippen molar-refractivity contribution in [1.82, 2.24) is 9.78 Å². The Bertz CT molecular complexity index is 337. The average Bonchev–Trinajstić information content (AvgIpc) is 2.81. The fourth-order valence-electron chi connectivity index (χ4n) is 1.82. The van der Waals surface area contributed by atoms with Crippen molar-refractivity contribution < 1.29 is 4.79 Å². The predicted molar refractivity (Wildman–Crippen MR) is 54.0 cm³/mol. The van der Waals surface area contributed by atoms with E-state index >= 15 is 0 Å². The second-order valence-electron chi connectivity index (χ2n) is 4.57. The number of hydrogen-bond donors (Lipinski definition) is 0. The molecule has 14 heavy (non-hydrogen) atoms. The Balaban J connectivity index is 2.26. The molecule has 1 heterocycles. The number of nitrogens with zero attached hydrogens (tertiary/aromatic N) is 2. The lowest BCUT2D eigenvalue weighted by molar-refractivity contribution is -0.110. The smallest absolute Gasteiger partial charge is 0.132 e. The summed E-state index contributed by atoms with van der Waals surface area (Å²) in [6, 6.07) is 1.98. The minimum Gasteiger partial charge on any atom is -0.302 e. The van der Waals surface area contributed by atoms with E-state index in [0.717, 1.165) is 31.4 Å². The van der Waals surface area contributed by atoms with Crippen LogP contribution in [0.4, 0.5) is 0 Å². The highest BCUT2D eigenvalue weighted by atomic mass is 16.1. The first-order valence-corrected chi connectivity index (χ1v) is 5.16. The average molecular weight is 192 g/mol. The van der Waals surface area contributed by atoms with E-state index in [9.17, 15) is 4.79 Å². The number of hydrogen-bond acceptors (Lipinski definition) is 2. The lowest BCUT2D eigenvalue weighted by Crippen LogP contribution is -2.18. The van der Waals surface area contributed by atoms with E-state index in [-0.39, 0.29) is 5.41 Å². The van der Waals surface area contributed by atoms with Crippen molar-refractivity contribution in [2.24, 2.45) is 5.92 Å². The van der Waals surface area contributed by atoms with Crippen LogP contribution in [0.1, 0.15) is 32.4 Å². The van der Waals surface area contributed by atoms with Crippen molar-refractivity contribution in [3.05, 3.63) is 18.0 Å². The number of carbonyl (C=O) groups excluding carboxylic acids is 1. The lowest BCUT2D eigenvalue weighted by Gasteiger charge is -2.13. The molecule has 3 nitrogen and oxygen atoms in total. The van der Waals surface area contributed by atoms with Crippen molar-refractivity contribution in [3.63, 3.8) is 0 Å². The summed E-state index contributed by atoms with van der Waals surface area (Å²) in [4.78, 5) is 11.0. The van der Waals surface area contributed by atoms with Crippen LogP contribution in [-0.4, -0.2) is 16.1 Å². The van der Waals surface area contributed by atoms with Crippen molar-refractivity contribution >= 4 is 6.29 Å². The van der Waals surface area contributed by atoms with Crippen LogP contribution in [-0.2, 0) is 16.8 Å². The van der Waals surface area contributed by atoms with Gasteiger partial charge >= 0.3 is 0 Å². The van der Waals surface area contributed by atoms with Crippen molar-refractivity contribution in [3.8, 4) is 0 Å². The molecule has 1 aromatic rings. The zero-order valence-corrected chi connectivity index (χ0v) is 8.73. The highest BCUT2D eigenvalue weighted by molar-refractivity contribution is 5.71. The molecule has 0 unspecified atom stereocenters. The number of aromatic nitrogens is 2. The molecule has 0 aromatic carbocycles. The quantitative estimate of drug-likeness (QED) is 0.681. The fourth-order valence-corrected chi connectivity index (χ4v) is 1.82. The second kappa shape index (κ2) is 3.23. The third-order valence-corrected chi connectivity index (χ3v) is 2.78. The highest BCUT2D eigenvalue weighted by Gasteiger charge is 2.46. The SMILES string of the molecule is CC(C)Cn1nccc1C1(C=O)CC1. The van der Waals surface area contributed by atoms with Crippen molar-refractivity contribution in [2.75, 3.05) is 0 Å². The Morgan fingerprint density at radius 3 is 2.86 bits per heavy atom. The topological polar surface area (TPSA) is 34.9 Å². The van der Waals surface area contributed by atoms with Crippen LogP contribution in [0.25, 0.3) is 0 Å². The molecule has 0 saturated heterocycles. The van der Waals surface area contributed by atoms with Crippen LogP contribution in [0.3, 0.4) is 0 Å². The third-order valence-electron chi connectivity index (χ3n) is 2.78. The molecule has 76 valence electrons. The maximum absolute atomic E-state index is 11.0. The van der Waals surface area contributed by atoms with Crippen LogP contribution in [0.2, 0.25) is 0 Å². The van der Waals surface area contributed by atoms with Gasteiger partial charge in [0.05, 0.1) is 11.1 Å². The molecule has 1 aliphatic rings. The maximum atomic E-state index is 11.0. The molecule has 3 heteroatoms. The van der Waals surface area contributed by atoms with E-state index in [1.165, 1.54) is 0 Å². The predicted octanol–water partition coefficient (Wildman–Crippen LogP) is 1.77. The number of aldehydes is 1. The van der Waals surface area contributed by atoms with Crippen LogP contribution in [0.15, 0.2) is 12.3 Å². The zero-order valence-electron chi connectivity index (χ0n) is 8.73. The fraction of sp³-hybridized carbons (Fsp3) is 0.636. The second-order valence-corrected chi connectivity index (χ2v) is 4.57. The van der Waals surface area contributed by atoms with Gasteiger partial charge in [-0.2, -0.15) is 5.10 Å². The van der Waals surface area contributed by atoms with Gasteiger partial charge in [-0.25, -0.2) is 0 Å². The molecule has 1 aliphatic carbocycles. The van der Waals surface area contributed by atoms with Gasteiger partial charge in [0, 0.05) is 12.7 Å².